The molecule has 32 heavy (non-hydrogen) atoms. The summed E-state index contributed by atoms with van der Waals surface area (Å²) >= 11 is 6.01. The number of aromatic nitrogens is 1. The second-order valence-corrected chi connectivity index (χ2v) is 7.80. The van der Waals surface area contributed by atoms with Gasteiger partial charge >= 0.3 is 5.97 Å². The summed E-state index contributed by atoms with van der Waals surface area (Å²) < 4.78 is 4.84. The van der Waals surface area contributed by atoms with E-state index in [1.807, 2.05) is 48.5 Å². The summed E-state index contributed by atoms with van der Waals surface area (Å²) in [6.45, 7) is 1.67. The number of amides is 1. The van der Waals surface area contributed by atoms with E-state index in [2.05, 4.69) is 5.32 Å². The minimum Gasteiger partial charge on any atom is -0.468 e. The number of esters is 1. The maximum absolute atomic E-state index is 13.4. The molecule has 1 amide bonds. The molecular weight excluding hydrogens is 426 g/mol. The molecule has 7 heteroatoms. The molecule has 0 radical (unpaired) electrons. The lowest BCUT2D eigenvalue weighted by Crippen LogP contribution is -2.45. The monoisotopic (exact) mass is 447 g/mol. The Bertz CT molecular complexity index is 1240. The third-order valence-corrected chi connectivity index (χ3v) is 5.62. The maximum Gasteiger partial charge on any atom is 0.325 e. The third-order valence-electron chi connectivity index (χ3n) is 5.37. The van der Waals surface area contributed by atoms with E-state index in [4.69, 9.17) is 21.3 Å². The van der Waals surface area contributed by atoms with Crippen molar-refractivity contribution in [2.24, 2.45) is 0 Å². The highest BCUT2D eigenvalue weighted by Crippen LogP contribution is 2.31. The van der Waals surface area contributed by atoms with E-state index < -0.39 is 12.0 Å². The number of benzene rings is 3. The predicted molar refractivity (Wildman–Crippen MR) is 128 cm³/mol. The van der Waals surface area contributed by atoms with Gasteiger partial charge in [-0.25, -0.2) is 4.98 Å². The summed E-state index contributed by atoms with van der Waals surface area (Å²) in [5.74, 6) is -0.704. The number of para-hydroxylation sites is 2. The molecule has 0 fully saturated rings. The minimum absolute atomic E-state index is 0.0788. The fourth-order valence-electron chi connectivity index (χ4n) is 3.63. The van der Waals surface area contributed by atoms with Gasteiger partial charge in [-0.05, 0) is 43.3 Å². The fourth-order valence-corrected chi connectivity index (χ4v) is 3.76. The van der Waals surface area contributed by atoms with Crippen LogP contribution in [0.5, 0.6) is 0 Å². The van der Waals surface area contributed by atoms with Crippen molar-refractivity contribution >= 4 is 56.7 Å². The third kappa shape index (κ3) is 4.36. The van der Waals surface area contributed by atoms with Crippen LogP contribution in [0.15, 0.2) is 72.8 Å². The standard InChI is InChI=1S/C25H22ClN3O3/c1-16(29(15-23(30)32-2)18-13-11-17(26)12-14-18)25(31)28-24-19-7-3-5-9-21(19)27-22-10-6-4-8-20(22)24/h3-14,16H,15H2,1-2H3,(H,27,28,31)/t16-/m1/s1. The summed E-state index contributed by atoms with van der Waals surface area (Å²) in [6, 6.07) is 21.7. The zero-order valence-corrected chi connectivity index (χ0v) is 18.5. The number of rotatable bonds is 6. The van der Waals surface area contributed by atoms with Gasteiger partial charge in [0, 0.05) is 21.5 Å². The Morgan fingerprint density at radius 3 is 2.09 bits per heavy atom. The highest BCUT2D eigenvalue weighted by Gasteiger charge is 2.25. The van der Waals surface area contributed by atoms with Crippen LogP contribution in [-0.4, -0.2) is 36.6 Å². The van der Waals surface area contributed by atoms with Crippen LogP contribution in [0.4, 0.5) is 11.4 Å². The number of hydrogen-bond donors (Lipinski definition) is 1. The number of nitrogens with zero attached hydrogens (tertiary/aromatic N) is 2. The van der Waals surface area contributed by atoms with Crippen molar-refractivity contribution in [2.75, 3.05) is 23.9 Å². The number of halogens is 1. The lowest BCUT2D eigenvalue weighted by atomic mass is 10.1. The zero-order valence-electron chi connectivity index (χ0n) is 17.7. The smallest absolute Gasteiger partial charge is 0.325 e. The first-order valence-corrected chi connectivity index (χ1v) is 10.5. The van der Waals surface area contributed by atoms with Crippen molar-refractivity contribution in [3.05, 3.63) is 77.8 Å². The molecule has 0 bridgehead atoms. The maximum atomic E-state index is 13.4. The van der Waals surface area contributed by atoms with Gasteiger partial charge in [-0.3, -0.25) is 9.59 Å². The van der Waals surface area contributed by atoms with Crippen LogP contribution in [0.3, 0.4) is 0 Å². The van der Waals surface area contributed by atoms with E-state index in [-0.39, 0.29) is 12.5 Å². The molecule has 0 aliphatic heterocycles. The van der Waals surface area contributed by atoms with Gasteiger partial charge in [-0.1, -0.05) is 48.0 Å². The Labute approximate surface area is 190 Å². The second kappa shape index (κ2) is 9.24. The number of nitrogens with one attached hydrogen (secondary N) is 1. The number of methoxy groups -OCH3 is 1. The molecule has 0 saturated heterocycles. The number of ether oxygens (including phenoxy) is 1. The summed E-state index contributed by atoms with van der Waals surface area (Å²) in [6.07, 6.45) is 0. The summed E-state index contributed by atoms with van der Waals surface area (Å²) in [5, 5.41) is 5.34. The molecule has 1 heterocycles. The molecule has 0 unspecified atom stereocenters. The first-order chi connectivity index (χ1) is 15.5. The molecule has 0 spiro atoms. The Balaban J connectivity index is 1.72. The number of carbonyl (C=O) groups is 2. The van der Waals surface area contributed by atoms with Gasteiger partial charge in [-0.15, -0.1) is 0 Å². The number of pyridine rings is 1. The SMILES string of the molecule is COC(=O)CN(c1ccc(Cl)cc1)[C@H](C)C(=O)Nc1c2ccccc2nc2ccccc12. The van der Waals surface area contributed by atoms with Crippen LogP contribution in [0.1, 0.15) is 6.92 Å². The number of fused-ring (bicyclic) bond motifs is 2. The highest BCUT2D eigenvalue weighted by atomic mass is 35.5. The highest BCUT2D eigenvalue weighted by molar-refractivity contribution is 6.30. The van der Waals surface area contributed by atoms with Crippen LogP contribution in [-0.2, 0) is 14.3 Å². The number of anilines is 2. The largest absolute Gasteiger partial charge is 0.468 e. The lowest BCUT2D eigenvalue weighted by Gasteiger charge is -2.29. The van der Waals surface area contributed by atoms with E-state index in [0.29, 0.717) is 16.4 Å². The van der Waals surface area contributed by atoms with E-state index in [1.54, 1.807) is 36.1 Å². The van der Waals surface area contributed by atoms with Crippen molar-refractivity contribution < 1.29 is 14.3 Å². The Kier molecular flexibility index (Phi) is 6.23. The first-order valence-electron chi connectivity index (χ1n) is 10.2. The lowest BCUT2D eigenvalue weighted by molar-refractivity contribution is -0.139. The van der Waals surface area contributed by atoms with Crippen molar-refractivity contribution in [3.63, 3.8) is 0 Å². The topological polar surface area (TPSA) is 71.5 Å². The first kappa shape index (κ1) is 21.6. The van der Waals surface area contributed by atoms with Crippen molar-refractivity contribution in [1.29, 1.82) is 0 Å². The molecule has 0 aliphatic rings. The minimum atomic E-state index is -0.666. The van der Waals surface area contributed by atoms with Gasteiger partial charge in [0.15, 0.2) is 0 Å². The molecule has 162 valence electrons. The predicted octanol–water partition coefficient (Wildman–Crippen LogP) is 5.05. The van der Waals surface area contributed by atoms with E-state index in [0.717, 1.165) is 21.8 Å². The molecule has 6 nitrogen and oxygen atoms in total. The van der Waals surface area contributed by atoms with Crippen molar-refractivity contribution in [3.8, 4) is 0 Å². The molecule has 4 aromatic rings. The van der Waals surface area contributed by atoms with Crippen molar-refractivity contribution in [1.82, 2.24) is 4.98 Å². The van der Waals surface area contributed by atoms with Gasteiger partial charge < -0.3 is 15.0 Å². The van der Waals surface area contributed by atoms with Gasteiger partial charge in [-0.2, -0.15) is 0 Å². The van der Waals surface area contributed by atoms with Gasteiger partial charge in [0.05, 0.1) is 23.8 Å². The van der Waals surface area contributed by atoms with E-state index in [9.17, 15) is 9.59 Å². The Hall–Kier alpha value is -3.64. The van der Waals surface area contributed by atoms with Crippen LogP contribution in [0, 0.1) is 0 Å². The Morgan fingerprint density at radius 2 is 1.53 bits per heavy atom. The van der Waals surface area contributed by atoms with Crippen molar-refractivity contribution in [2.45, 2.75) is 13.0 Å². The van der Waals surface area contributed by atoms with Gasteiger partial charge in [0.2, 0.25) is 5.91 Å². The van der Waals surface area contributed by atoms with Crippen LogP contribution in [0.2, 0.25) is 5.02 Å². The zero-order chi connectivity index (χ0) is 22.7. The fraction of sp³-hybridized carbons (Fsp3) is 0.160. The molecule has 0 aliphatic carbocycles. The molecule has 4 rings (SSSR count). The average Bonchev–Trinajstić information content (AvgIpc) is 2.82. The number of carbonyl (C=O) groups excluding carboxylic acids is 2. The molecule has 3 aromatic carbocycles. The summed E-state index contributed by atoms with van der Waals surface area (Å²) in [4.78, 5) is 31.8. The van der Waals surface area contributed by atoms with Crippen LogP contribution >= 0.6 is 11.6 Å². The van der Waals surface area contributed by atoms with Gasteiger partial charge in [0.25, 0.3) is 0 Å². The molecule has 1 N–H and O–H groups in total. The molecular formula is C25H22ClN3O3. The summed E-state index contributed by atoms with van der Waals surface area (Å²) in [7, 11) is 1.32. The quantitative estimate of drug-likeness (QED) is 0.331. The average molecular weight is 448 g/mol. The van der Waals surface area contributed by atoms with Crippen LogP contribution < -0.4 is 10.2 Å². The summed E-state index contributed by atoms with van der Waals surface area (Å²) in [5.41, 5.74) is 2.96. The second-order valence-electron chi connectivity index (χ2n) is 7.37. The number of hydrogen-bond acceptors (Lipinski definition) is 5. The molecule has 1 atom stereocenters. The normalized spacial score (nSPS) is 11.8. The Morgan fingerprint density at radius 1 is 0.969 bits per heavy atom. The van der Waals surface area contributed by atoms with E-state index in [1.165, 1.54) is 7.11 Å². The van der Waals surface area contributed by atoms with Crippen LogP contribution in [0.25, 0.3) is 21.8 Å². The molecule has 1 aromatic heterocycles. The van der Waals surface area contributed by atoms with E-state index >= 15 is 0 Å². The molecule has 0 saturated carbocycles. The van der Waals surface area contributed by atoms with Gasteiger partial charge in [0.1, 0.15) is 12.6 Å².